The summed E-state index contributed by atoms with van der Waals surface area (Å²) in [5.74, 6) is -1.31. The third-order valence-electron chi connectivity index (χ3n) is 5.03. The first-order valence-electron chi connectivity index (χ1n) is 9.34. The van der Waals surface area contributed by atoms with Crippen molar-refractivity contribution in [2.45, 2.75) is 13.3 Å². The van der Waals surface area contributed by atoms with Gasteiger partial charge >= 0.3 is 12.0 Å². The number of aromatic nitrogens is 1. The number of carbonyl (C=O) groups excluding carboxylic acids is 1. The summed E-state index contributed by atoms with van der Waals surface area (Å²) in [6.45, 7) is 2.63. The van der Waals surface area contributed by atoms with Crippen molar-refractivity contribution in [3.8, 4) is 11.5 Å². The lowest BCUT2D eigenvalue weighted by atomic mass is 9.91. The number of benzene rings is 2. The third-order valence-corrected chi connectivity index (χ3v) is 5.03. The summed E-state index contributed by atoms with van der Waals surface area (Å²) >= 11 is 0. The van der Waals surface area contributed by atoms with Crippen LogP contribution in [0.25, 0.3) is 22.6 Å². The molecule has 0 radical (unpaired) electrons. The lowest BCUT2D eigenvalue weighted by Crippen LogP contribution is -2.47. The van der Waals surface area contributed by atoms with E-state index in [9.17, 15) is 19.1 Å². The lowest BCUT2D eigenvalue weighted by molar-refractivity contribution is -0.143. The van der Waals surface area contributed by atoms with E-state index in [1.807, 2.05) is 6.92 Å². The minimum Gasteiger partial charge on any atom is -0.481 e. The molecule has 2 atom stereocenters. The van der Waals surface area contributed by atoms with Crippen LogP contribution in [0.1, 0.15) is 13.3 Å². The number of urea groups is 1. The number of carbonyl (C=O) groups is 2. The number of rotatable bonds is 3. The number of carboxylic acids is 1. The van der Waals surface area contributed by atoms with Gasteiger partial charge in [-0.3, -0.25) is 4.79 Å². The van der Waals surface area contributed by atoms with E-state index >= 15 is 0 Å². The Labute approximate surface area is 166 Å². The fraction of sp³-hybridized carbons (Fsp3) is 0.286. The third kappa shape index (κ3) is 4.06. The molecule has 2 N–H and O–H groups in total. The van der Waals surface area contributed by atoms with E-state index in [4.69, 9.17) is 4.42 Å². The smallest absolute Gasteiger partial charge is 0.321 e. The van der Waals surface area contributed by atoms with Crippen LogP contribution in [-0.2, 0) is 4.79 Å². The number of hydrogen-bond acceptors (Lipinski definition) is 4. The first-order valence-corrected chi connectivity index (χ1v) is 9.34. The number of carboxylic acid groups (broad SMARTS) is 1. The van der Waals surface area contributed by atoms with E-state index in [-0.39, 0.29) is 24.3 Å². The van der Waals surface area contributed by atoms with E-state index in [1.165, 1.54) is 17.0 Å². The average molecular weight is 397 g/mol. The fourth-order valence-corrected chi connectivity index (χ4v) is 3.62. The van der Waals surface area contributed by atoms with Gasteiger partial charge in [0.05, 0.1) is 5.92 Å². The number of likely N-dealkylation sites (tertiary alicyclic amines) is 1. The standard InChI is InChI=1S/C21H20FN3O4/c1-12-8-14(20(26)27)11-25(10-12)21(28)23-16-6-7-17-18(9-16)29-19(24-17)13-2-4-15(22)5-3-13/h2-7,9,12,14H,8,10-11H2,1H3,(H,23,28)(H,26,27). The number of hydrogen-bond donors (Lipinski definition) is 2. The van der Waals surface area contributed by atoms with Gasteiger partial charge in [-0.05, 0) is 48.7 Å². The highest BCUT2D eigenvalue weighted by atomic mass is 19.1. The molecular weight excluding hydrogens is 377 g/mol. The summed E-state index contributed by atoms with van der Waals surface area (Å²) < 4.78 is 18.9. The second-order valence-electron chi connectivity index (χ2n) is 7.42. The van der Waals surface area contributed by atoms with Crippen molar-refractivity contribution in [1.82, 2.24) is 9.88 Å². The van der Waals surface area contributed by atoms with E-state index in [0.717, 1.165) is 0 Å². The Bertz CT molecular complexity index is 1060. The maximum atomic E-state index is 13.1. The van der Waals surface area contributed by atoms with Crippen LogP contribution in [0, 0.1) is 17.7 Å². The van der Waals surface area contributed by atoms with Crippen LogP contribution < -0.4 is 5.32 Å². The maximum absolute atomic E-state index is 13.1. The molecule has 150 valence electrons. The molecule has 4 rings (SSSR count). The minimum absolute atomic E-state index is 0.116. The Balaban J connectivity index is 1.51. The molecule has 1 saturated heterocycles. The van der Waals surface area contributed by atoms with Crippen LogP contribution in [0.4, 0.5) is 14.9 Å². The van der Waals surface area contributed by atoms with E-state index < -0.39 is 11.9 Å². The number of anilines is 1. The predicted octanol–water partition coefficient (Wildman–Crippen LogP) is 4.21. The number of piperidine rings is 1. The SMILES string of the molecule is CC1CC(C(=O)O)CN(C(=O)Nc2ccc3nc(-c4ccc(F)cc4)oc3c2)C1. The van der Waals surface area contributed by atoms with Crippen LogP contribution >= 0.6 is 0 Å². The Morgan fingerprint density at radius 2 is 1.97 bits per heavy atom. The normalized spacial score (nSPS) is 19.3. The van der Waals surface area contributed by atoms with Gasteiger partial charge in [0.1, 0.15) is 11.3 Å². The van der Waals surface area contributed by atoms with Crippen molar-refractivity contribution in [3.63, 3.8) is 0 Å². The first-order chi connectivity index (χ1) is 13.9. The van der Waals surface area contributed by atoms with Gasteiger partial charge in [-0.25, -0.2) is 14.2 Å². The monoisotopic (exact) mass is 397 g/mol. The van der Waals surface area contributed by atoms with Crippen LogP contribution in [0.3, 0.4) is 0 Å². The topological polar surface area (TPSA) is 95.7 Å². The molecule has 0 aliphatic carbocycles. The van der Waals surface area contributed by atoms with Gasteiger partial charge in [0.15, 0.2) is 5.58 Å². The van der Waals surface area contributed by atoms with Crippen molar-refractivity contribution < 1.29 is 23.5 Å². The molecule has 3 aromatic rings. The van der Waals surface area contributed by atoms with E-state index in [1.54, 1.807) is 30.3 Å². The lowest BCUT2D eigenvalue weighted by Gasteiger charge is -2.34. The van der Waals surface area contributed by atoms with Gasteiger partial charge in [0.2, 0.25) is 5.89 Å². The molecule has 0 spiro atoms. The van der Waals surface area contributed by atoms with Crippen LogP contribution in [0.5, 0.6) is 0 Å². The zero-order valence-electron chi connectivity index (χ0n) is 15.8. The molecule has 1 aliphatic rings. The molecule has 2 aromatic carbocycles. The minimum atomic E-state index is -0.884. The van der Waals surface area contributed by atoms with Crippen molar-refractivity contribution in [1.29, 1.82) is 0 Å². The summed E-state index contributed by atoms with van der Waals surface area (Å²) in [5, 5.41) is 12.1. The Morgan fingerprint density at radius 3 is 2.69 bits per heavy atom. The molecule has 7 nitrogen and oxygen atoms in total. The van der Waals surface area contributed by atoms with Crippen LogP contribution in [-0.4, -0.2) is 40.1 Å². The molecule has 2 heterocycles. The van der Waals surface area contributed by atoms with Crippen LogP contribution in [0.2, 0.25) is 0 Å². The zero-order valence-corrected chi connectivity index (χ0v) is 15.8. The molecule has 0 saturated carbocycles. The number of nitrogens with zero attached hydrogens (tertiary/aromatic N) is 2. The maximum Gasteiger partial charge on any atom is 0.321 e. The van der Waals surface area contributed by atoms with Crippen molar-refractivity contribution in [2.24, 2.45) is 11.8 Å². The quantitative estimate of drug-likeness (QED) is 0.690. The van der Waals surface area contributed by atoms with Gasteiger partial charge in [-0.1, -0.05) is 6.92 Å². The molecule has 8 heteroatoms. The van der Waals surface area contributed by atoms with Crippen LogP contribution in [0.15, 0.2) is 46.9 Å². The number of aliphatic carboxylic acids is 1. The van der Waals surface area contributed by atoms with Crippen molar-refractivity contribution >= 4 is 28.8 Å². The molecule has 2 unspecified atom stereocenters. The molecule has 29 heavy (non-hydrogen) atoms. The molecule has 0 bridgehead atoms. The Kier molecular flexibility index (Phi) is 4.92. The molecule has 2 amide bonds. The number of fused-ring (bicyclic) bond motifs is 1. The van der Waals surface area contributed by atoms with E-state index in [2.05, 4.69) is 10.3 Å². The molecular formula is C21H20FN3O4. The van der Waals surface area contributed by atoms with Gasteiger partial charge < -0.3 is 19.7 Å². The Morgan fingerprint density at radius 1 is 1.21 bits per heavy atom. The molecule has 1 aliphatic heterocycles. The largest absolute Gasteiger partial charge is 0.481 e. The number of halogens is 1. The number of oxazole rings is 1. The summed E-state index contributed by atoms with van der Waals surface area (Å²) in [7, 11) is 0. The molecule has 1 fully saturated rings. The average Bonchev–Trinajstić information content (AvgIpc) is 3.11. The summed E-state index contributed by atoms with van der Waals surface area (Å²) in [6, 6.07) is 10.6. The van der Waals surface area contributed by atoms with Gasteiger partial charge in [-0.2, -0.15) is 0 Å². The second kappa shape index (κ2) is 7.54. The van der Waals surface area contributed by atoms with Gasteiger partial charge in [0, 0.05) is 30.4 Å². The van der Waals surface area contributed by atoms with E-state index in [0.29, 0.717) is 41.2 Å². The number of nitrogens with one attached hydrogen (secondary N) is 1. The Hall–Kier alpha value is -3.42. The summed E-state index contributed by atoms with van der Waals surface area (Å²) in [4.78, 5) is 29.8. The second-order valence-corrected chi connectivity index (χ2v) is 7.42. The fourth-order valence-electron chi connectivity index (χ4n) is 3.62. The first kappa shape index (κ1) is 18.9. The highest BCUT2D eigenvalue weighted by Crippen LogP contribution is 2.27. The summed E-state index contributed by atoms with van der Waals surface area (Å²) in [5.41, 5.74) is 2.27. The molecule has 1 aromatic heterocycles. The summed E-state index contributed by atoms with van der Waals surface area (Å²) in [6.07, 6.45) is 0.565. The highest BCUT2D eigenvalue weighted by molar-refractivity contribution is 5.92. The number of amides is 2. The zero-order chi connectivity index (χ0) is 20.5. The van der Waals surface area contributed by atoms with Crippen molar-refractivity contribution in [3.05, 3.63) is 48.3 Å². The van der Waals surface area contributed by atoms with Gasteiger partial charge in [0.25, 0.3) is 0 Å². The highest BCUT2D eigenvalue weighted by Gasteiger charge is 2.32. The van der Waals surface area contributed by atoms with Crippen molar-refractivity contribution in [2.75, 3.05) is 18.4 Å². The van der Waals surface area contributed by atoms with Gasteiger partial charge in [-0.15, -0.1) is 0 Å². The predicted molar refractivity (Wildman–Crippen MR) is 105 cm³/mol.